The van der Waals surface area contributed by atoms with Crippen LogP contribution < -0.4 is 9.47 Å². The summed E-state index contributed by atoms with van der Waals surface area (Å²) in [5.41, 5.74) is 0. The molecule has 0 amide bonds. The van der Waals surface area contributed by atoms with Crippen molar-refractivity contribution in [2.24, 2.45) is 0 Å². The van der Waals surface area contributed by atoms with E-state index in [9.17, 15) is 18.3 Å². The number of ether oxygens (including phenoxy) is 2. The topological polar surface area (TPSA) is 38.7 Å². The van der Waals surface area contributed by atoms with Crippen LogP contribution in [0.2, 0.25) is 0 Å². The number of aliphatic hydroxyl groups excluding tert-OH is 1. The second-order valence-corrected chi connectivity index (χ2v) is 4.43. The monoisotopic (exact) mass is 328 g/mol. The van der Waals surface area contributed by atoms with Crippen molar-refractivity contribution in [3.63, 3.8) is 0 Å². The summed E-state index contributed by atoms with van der Waals surface area (Å²) in [6, 6.07) is 4.83. The van der Waals surface area contributed by atoms with Crippen molar-refractivity contribution in [2.75, 3.05) is 13.7 Å². The van der Waals surface area contributed by atoms with E-state index in [0.717, 1.165) is 0 Å². The van der Waals surface area contributed by atoms with Crippen LogP contribution in [0.15, 0.2) is 22.7 Å². The molecule has 1 rings (SSSR count). The van der Waals surface area contributed by atoms with E-state index >= 15 is 0 Å². The second kappa shape index (κ2) is 6.29. The molecule has 1 unspecified atom stereocenters. The van der Waals surface area contributed by atoms with Gasteiger partial charge in [0.15, 0.2) is 0 Å². The maximum Gasteiger partial charge on any atom is 0.391 e. The average molecular weight is 329 g/mol. The SMILES string of the molecule is COc1ccc(Br)c(OCC(O)CC(F)(F)F)c1. The van der Waals surface area contributed by atoms with Crippen molar-refractivity contribution in [3.8, 4) is 11.5 Å². The molecule has 1 aromatic rings. The Kier molecular flexibility index (Phi) is 5.28. The van der Waals surface area contributed by atoms with Crippen LogP contribution in [0.1, 0.15) is 6.42 Å². The second-order valence-electron chi connectivity index (χ2n) is 3.58. The summed E-state index contributed by atoms with van der Waals surface area (Å²) in [5, 5.41) is 9.17. The van der Waals surface area contributed by atoms with Crippen molar-refractivity contribution in [1.82, 2.24) is 0 Å². The normalized spacial score (nSPS) is 13.2. The van der Waals surface area contributed by atoms with Crippen molar-refractivity contribution in [2.45, 2.75) is 18.7 Å². The molecule has 18 heavy (non-hydrogen) atoms. The number of aliphatic hydroxyl groups is 1. The summed E-state index contributed by atoms with van der Waals surface area (Å²) >= 11 is 3.19. The van der Waals surface area contributed by atoms with Gasteiger partial charge in [-0.1, -0.05) is 0 Å². The Hall–Kier alpha value is -0.950. The van der Waals surface area contributed by atoms with Crippen molar-refractivity contribution >= 4 is 15.9 Å². The number of alkyl halides is 3. The van der Waals surface area contributed by atoms with Crippen LogP contribution in [-0.2, 0) is 0 Å². The number of hydrogen-bond acceptors (Lipinski definition) is 3. The highest BCUT2D eigenvalue weighted by Gasteiger charge is 2.31. The largest absolute Gasteiger partial charge is 0.497 e. The Bertz CT molecular complexity index is 396. The molecule has 0 aromatic heterocycles. The Morgan fingerprint density at radius 2 is 2.06 bits per heavy atom. The lowest BCUT2D eigenvalue weighted by Crippen LogP contribution is -2.25. The summed E-state index contributed by atoms with van der Waals surface area (Å²) in [5.74, 6) is 0.828. The molecule has 0 spiro atoms. The lowest BCUT2D eigenvalue weighted by molar-refractivity contribution is -0.156. The Balaban J connectivity index is 2.57. The van der Waals surface area contributed by atoms with Gasteiger partial charge in [0, 0.05) is 6.07 Å². The van der Waals surface area contributed by atoms with Gasteiger partial charge in [-0.25, -0.2) is 0 Å². The molecule has 0 aliphatic carbocycles. The molecule has 7 heteroatoms. The van der Waals surface area contributed by atoms with Gasteiger partial charge in [-0.05, 0) is 28.1 Å². The average Bonchev–Trinajstić information content (AvgIpc) is 2.25. The van der Waals surface area contributed by atoms with E-state index in [-0.39, 0.29) is 0 Å². The van der Waals surface area contributed by atoms with E-state index in [1.54, 1.807) is 12.1 Å². The van der Waals surface area contributed by atoms with E-state index < -0.39 is 25.3 Å². The highest BCUT2D eigenvalue weighted by molar-refractivity contribution is 9.10. The first-order valence-electron chi connectivity index (χ1n) is 5.03. The highest BCUT2D eigenvalue weighted by Crippen LogP contribution is 2.30. The number of methoxy groups -OCH3 is 1. The predicted molar refractivity (Wildman–Crippen MR) is 62.9 cm³/mol. The van der Waals surface area contributed by atoms with Gasteiger partial charge in [0.05, 0.1) is 24.1 Å². The van der Waals surface area contributed by atoms with Gasteiger partial charge >= 0.3 is 6.18 Å². The molecule has 0 radical (unpaired) electrons. The highest BCUT2D eigenvalue weighted by atomic mass is 79.9. The molecule has 0 heterocycles. The minimum absolute atomic E-state index is 0.315. The minimum Gasteiger partial charge on any atom is -0.497 e. The fourth-order valence-electron chi connectivity index (χ4n) is 1.23. The van der Waals surface area contributed by atoms with Gasteiger partial charge in [-0.2, -0.15) is 13.2 Å². The molecule has 0 saturated carbocycles. The van der Waals surface area contributed by atoms with Crippen LogP contribution in [0.5, 0.6) is 11.5 Å². The first-order chi connectivity index (χ1) is 8.31. The van der Waals surface area contributed by atoms with E-state index in [2.05, 4.69) is 15.9 Å². The van der Waals surface area contributed by atoms with Crippen molar-refractivity contribution in [3.05, 3.63) is 22.7 Å². The first-order valence-corrected chi connectivity index (χ1v) is 5.82. The molecule has 0 saturated heterocycles. The summed E-state index contributed by atoms with van der Waals surface area (Å²) < 4.78 is 46.6. The zero-order valence-corrected chi connectivity index (χ0v) is 11.1. The van der Waals surface area contributed by atoms with Gasteiger partial charge in [-0.3, -0.25) is 0 Å². The zero-order chi connectivity index (χ0) is 13.8. The van der Waals surface area contributed by atoms with E-state index in [1.165, 1.54) is 13.2 Å². The smallest absolute Gasteiger partial charge is 0.391 e. The standard InChI is InChI=1S/C11H12BrF3O3/c1-17-8-2-3-9(12)10(4-8)18-6-7(16)5-11(13,14)15/h2-4,7,16H,5-6H2,1H3. The quantitative estimate of drug-likeness (QED) is 0.902. The molecule has 1 aromatic carbocycles. The summed E-state index contributed by atoms with van der Waals surface area (Å²) in [7, 11) is 1.46. The Labute approximate surface area is 111 Å². The van der Waals surface area contributed by atoms with Gasteiger partial charge in [0.2, 0.25) is 0 Å². The van der Waals surface area contributed by atoms with Gasteiger partial charge in [0.25, 0.3) is 0 Å². The molecule has 1 N–H and O–H groups in total. The molecule has 0 aliphatic rings. The fourth-order valence-corrected chi connectivity index (χ4v) is 1.59. The van der Waals surface area contributed by atoms with Crippen LogP contribution in [0.3, 0.4) is 0 Å². The van der Waals surface area contributed by atoms with Crippen molar-refractivity contribution < 1.29 is 27.8 Å². The third-order valence-electron chi connectivity index (χ3n) is 2.04. The lowest BCUT2D eigenvalue weighted by Gasteiger charge is -2.15. The van der Waals surface area contributed by atoms with Gasteiger partial charge < -0.3 is 14.6 Å². The summed E-state index contributed by atoms with van der Waals surface area (Å²) in [6.07, 6.45) is -7.30. The number of rotatable bonds is 5. The molecule has 1 atom stereocenters. The zero-order valence-electron chi connectivity index (χ0n) is 9.50. The lowest BCUT2D eigenvalue weighted by atomic mass is 10.2. The number of halogens is 4. The summed E-state index contributed by atoms with van der Waals surface area (Å²) in [6.45, 7) is -0.439. The molecule has 0 aliphatic heterocycles. The maximum atomic E-state index is 12.0. The number of benzene rings is 1. The maximum absolute atomic E-state index is 12.0. The summed E-state index contributed by atoms with van der Waals surface area (Å²) in [4.78, 5) is 0. The first kappa shape index (κ1) is 15.1. The van der Waals surface area contributed by atoms with E-state index in [0.29, 0.717) is 16.0 Å². The molecular weight excluding hydrogens is 317 g/mol. The Morgan fingerprint density at radius 1 is 1.39 bits per heavy atom. The van der Waals surface area contributed by atoms with Crippen LogP contribution in [0.25, 0.3) is 0 Å². The van der Waals surface area contributed by atoms with Gasteiger partial charge in [-0.15, -0.1) is 0 Å². The van der Waals surface area contributed by atoms with Crippen LogP contribution >= 0.6 is 15.9 Å². The third-order valence-corrected chi connectivity index (χ3v) is 2.69. The third kappa shape index (κ3) is 5.14. The number of hydrogen-bond donors (Lipinski definition) is 1. The van der Waals surface area contributed by atoms with E-state index in [1.807, 2.05) is 0 Å². The molecule has 0 bridgehead atoms. The van der Waals surface area contributed by atoms with Crippen LogP contribution in [0.4, 0.5) is 13.2 Å². The fraction of sp³-hybridized carbons (Fsp3) is 0.455. The Morgan fingerprint density at radius 3 is 2.61 bits per heavy atom. The minimum atomic E-state index is -4.41. The molecular formula is C11H12BrF3O3. The van der Waals surface area contributed by atoms with Crippen LogP contribution in [-0.4, -0.2) is 31.1 Å². The van der Waals surface area contributed by atoms with Crippen molar-refractivity contribution in [1.29, 1.82) is 0 Å². The van der Waals surface area contributed by atoms with E-state index in [4.69, 9.17) is 9.47 Å². The molecule has 3 nitrogen and oxygen atoms in total. The molecule has 0 fully saturated rings. The van der Waals surface area contributed by atoms with Crippen LogP contribution in [0, 0.1) is 0 Å². The van der Waals surface area contributed by atoms with Gasteiger partial charge in [0.1, 0.15) is 18.1 Å². The molecule has 102 valence electrons. The predicted octanol–water partition coefficient (Wildman–Crippen LogP) is 3.15.